The second-order valence-corrected chi connectivity index (χ2v) is 8.47. The molecule has 0 bridgehead atoms. The molecule has 0 radical (unpaired) electrons. The van der Waals surface area contributed by atoms with E-state index in [9.17, 15) is 0 Å². The first-order valence-electron chi connectivity index (χ1n) is 6.07. The molecule has 1 atom stereocenters. The molecule has 94 valence electrons. The molecule has 1 unspecified atom stereocenters. The van der Waals surface area contributed by atoms with Crippen LogP contribution in [0.4, 0.5) is 0 Å². The summed E-state index contributed by atoms with van der Waals surface area (Å²) in [6.45, 7) is 10.8. The number of halogens is 1. The van der Waals surface area contributed by atoms with Crippen LogP contribution >= 0.6 is 28.3 Å². The number of hydrogen-bond donors (Lipinski definition) is 0. The van der Waals surface area contributed by atoms with Crippen LogP contribution in [-0.4, -0.2) is 6.16 Å². The average molecular weight is 360 g/mol. The average Bonchev–Trinajstić information content (AvgIpc) is 2.28. The number of hydrogen-bond acceptors (Lipinski definition) is 0. The van der Waals surface area contributed by atoms with Gasteiger partial charge in [-0.2, -0.15) is 0 Å². The second-order valence-electron chi connectivity index (χ2n) is 5.41. The van der Waals surface area contributed by atoms with Crippen molar-refractivity contribution in [2.75, 3.05) is 6.16 Å². The van der Waals surface area contributed by atoms with E-state index in [4.69, 9.17) is 0 Å². The highest BCUT2D eigenvalue weighted by atomic mass is 127. The molecular formula is C15H22IP. The Morgan fingerprint density at radius 3 is 2.29 bits per heavy atom. The standard InChI is InChI=1S/C15H22IP/c1-12(15(2,3)4)14-9-7-13(8-10-14)6-5-11-17-16/h7-10,17H,1,5-6,11H2,2-4H3. The molecule has 1 aromatic carbocycles. The monoisotopic (exact) mass is 360 g/mol. The Hall–Kier alpha value is 0.120. The smallest absolute Gasteiger partial charge is 0.0132 e. The third-order valence-electron chi connectivity index (χ3n) is 2.94. The van der Waals surface area contributed by atoms with Crippen LogP contribution in [0.5, 0.6) is 0 Å². The molecule has 0 fully saturated rings. The van der Waals surface area contributed by atoms with Gasteiger partial charge in [0, 0.05) is 0 Å². The molecular weight excluding hydrogens is 338 g/mol. The van der Waals surface area contributed by atoms with Crippen molar-refractivity contribution >= 4 is 33.8 Å². The van der Waals surface area contributed by atoms with Gasteiger partial charge in [0.2, 0.25) is 0 Å². The van der Waals surface area contributed by atoms with Crippen molar-refractivity contribution in [2.24, 2.45) is 5.41 Å². The van der Waals surface area contributed by atoms with E-state index in [1.165, 1.54) is 35.7 Å². The minimum absolute atomic E-state index is 0.157. The van der Waals surface area contributed by atoms with Crippen LogP contribution in [-0.2, 0) is 6.42 Å². The lowest BCUT2D eigenvalue weighted by Crippen LogP contribution is -2.07. The molecule has 0 aromatic heterocycles. The van der Waals surface area contributed by atoms with E-state index in [0.717, 1.165) is 6.22 Å². The van der Waals surface area contributed by atoms with Gasteiger partial charge in [-0.05, 0) is 41.1 Å². The Bertz CT molecular complexity index is 360. The summed E-state index contributed by atoms with van der Waals surface area (Å²) in [5.74, 6) is 0. The van der Waals surface area contributed by atoms with E-state index in [1.807, 2.05) is 0 Å². The lowest BCUT2D eigenvalue weighted by molar-refractivity contribution is 0.568. The zero-order valence-corrected chi connectivity index (χ0v) is 14.2. The van der Waals surface area contributed by atoms with Crippen molar-refractivity contribution in [2.45, 2.75) is 33.6 Å². The molecule has 0 saturated heterocycles. The van der Waals surface area contributed by atoms with Gasteiger partial charge in [-0.1, -0.05) is 79.9 Å². The molecule has 1 rings (SSSR count). The van der Waals surface area contributed by atoms with Crippen molar-refractivity contribution in [1.82, 2.24) is 0 Å². The van der Waals surface area contributed by atoms with Gasteiger partial charge in [-0.15, -0.1) is 0 Å². The van der Waals surface area contributed by atoms with Crippen LogP contribution in [0.3, 0.4) is 0 Å². The molecule has 2 heteroatoms. The zero-order chi connectivity index (χ0) is 12.9. The van der Waals surface area contributed by atoms with Crippen LogP contribution < -0.4 is 0 Å². The maximum atomic E-state index is 4.20. The highest BCUT2D eigenvalue weighted by Gasteiger charge is 2.16. The maximum Gasteiger partial charge on any atom is -0.0132 e. The Labute approximate surface area is 121 Å². The Morgan fingerprint density at radius 2 is 1.82 bits per heavy atom. The fraction of sp³-hybridized carbons (Fsp3) is 0.467. The molecule has 0 spiro atoms. The van der Waals surface area contributed by atoms with Crippen molar-refractivity contribution in [3.05, 3.63) is 42.0 Å². The molecule has 0 aliphatic rings. The molecule has 0 N–H and O–H groups in total. The van der Waals surface area contributed by atoms with E-state index in [0.29, 0.717) is 0 Å². The molecule has 0 aliphatic heterocycles. The van der Waals surface area contributed by atoms with Crippen LogP contribution in [0.2, 0.25) is 0 Å². The highest BCUT2D eigenvalue weighted by Crippen LogP contribution is 2.32. The van der Waals surface area contributed by atoms with Gasteiger partial charge in [0.1, 0.15) is 0 Å². The molecule has 0 heterocycles. The first kappa shape index (κ1) is 15.2. The fourth-order valence-electron chi connectivity index (χ4n) is 1.66. The van der Waals surface area contributed by atoms with Gasteiger partial charge in [-0.25, -0.2) is 0 Å². The molecule has 0 saturated carbocycles. The van der Waals surface area contributed by atoms with Gasteiger partial charge in [0.15, 0.2) is 0 Å². The fourth-order valence-corrected chi connectivity index (χ4v) is 3.12. The number of benzene rings is 1. The summed E-state index contributed by atoms with van der Waals surface area (Å²) in [6.07, 6.45) is 4.91. The first-order chi connectivity index (χ1) is 7.95. The summed E-state index contributed by atoms with van der Waals surface area (Å²) in [5, 5.41) is 0. The van der Waals surface area contributed by atoms with Gasteiger partial charge < -0.3 is 0 Å². The predicted molar refractivity (Wildman–Crippen MR) is 90.5 cm³/mol. The normalized spacial score (nSPS) is 12.2. The quantitative estimate of drug-likeness (QED) is 0.359. The van der Waals surface area contributed by atoms with Gasteiger partial charge in [0.05, 0.1) is 0 Å². The van der Waals surface area contributed by atoms with E-state index in [-0.39, 0.29) is 5.41 Å². The summed E-state index contributed by atoms with van der Waals surface area (Å²) in [4.78, 5) is 0. The van der Waals surface area contributed by atoms with Crippen LogP contribution in [0.1, 0.15) is 38.3 Å². The van der Waals surface area contributed by atoms with Crippen LogP contribution in [0, 0.1) is 5.41 Å². The maximum absolute atomic E-state index is 4.20. The zero-order valence-electron chi connectivity index (χ0n) is 11.0. The lowest BCUT2D eigenvalue weighted by Gasteiger charge is -2.22. The van der Waals surface area contributed by atoms with Crippen molar-refractivity contribution < 1.29 is 0 Å². The Kier molecular flexibility index (Phi) is 6.16. The van der Waals surface area contributed by atoms with Crippen molar-refractivity contribution in [3.8, 4) is 0 Å². The van der Waals surface area contributed by atoms with Crippen LogP contribution in [0.15, 0.2) is 30.8 Å². The second kappa shape index (κ2) is 6.89. The summed E-state index contributed by atoms with van der Waals surface area (Å²) < 4.78 is 0. The molecule has 1 aromatic rings. The number of allylic oxidation sites excluding steroid dienone is 1. The molecule has 0 nitrogen and oxygen atoms in total. The highest BCUT2D eigenvalue weighted by molar-refractivity contribution is 14.2. The van der Waals surface area contributed by atoms with Crippen molar-refractivity contribution in [3.63, 3.8) is 0 Å². The summed E-state index contributed by atoms with van der Waals surface area (Å²) >= 11 is 2.47. The predicted octanol–water partition coefficient (Wildman–Crippen LogP) is 5.71. The van der Waals surface area contributed by atoms with Gasteiger partial charge in [-0.3, -0.25) is 0 Å². The van der Waals surface area contributed by atoms with Gasteiger partial charge >= 0.3 is 0 Å². The van der Waals surface area contributed by atoms with E-state index in [1.54, 1.807) is 0 Å². The Morgan fingerprint density at radius 1 is 1.24 bits per heavy atom. The topological polar surface area (TPSA) is 0 Å². The third-order valence-corrected chi connectivity index (χ3v) is 5.11. The van der Waals surface area contributed by atoms with E-state index in [2.05, 4.69) is 73.7 Å². The summed E-state index contributed by atoms with van der Waals surface area (Å²) in [7, 11) is 0. The summed E-state index contributed by atoms with van der Waals surface area (Å²) in [5.41, 5.74) is 4.10. The minimum Gasteiger partial charge on any atom is -0.0947 e. The van der Waals surface area contributed by atoms with E-state index >= 15 is 0 Å². The minimum atomic E-state index is 0.157. The van der Waals surface area contributed by atoms with Gasteiger partial charge in [0.25, 0.3) is 0 Å². The first-order valence-corrected chi connectivity index (χ1v) is 10.4. The Balaban J connectivity index is 2.65. The number of rotatable bonds is 5. The SMILES string of the molecule is C=C(c1ccc(CCCPI)cc1)C(C)(C)C. The summed E-state index contributed by atoms with van der Waals surface area (Å²) in [6, 6.07) is 8.94. The van der Waals surface area contributed by atoms with E-state index < -0.39 is 0 Å². The molecule has 0 aliphatic carbocycles. The van der Waals surface area contributed by atoms with Crippen LogP contribution in [0.25, 0.3) is 5.57 Å². The third kappa shape index (κ3) is 5.09. The lowest BCUT2D eigenvalue weighted by atomic mass is 9.83. The van der Waals surface area contributed by atoms with Crippen molar-refractivity contribution in [1.29, 1.82) is 0 Å². The molecule has 17 heavy (non-hydrogen) atoms. The number of aryl methyl sites for hydroxylation is 1. The molecule has 0 amide bonds. The largest absolute Gasteiger partial charge is 0.0947 e.